The molecule has 2 aromatic heterocycles. The average molecular weight is 881 g/mol. The molecule has 0 saturated heterocycles. The van der Waals surface area contributed by atoms with Crippen LogP contribution in [0.5, 0.6) is 0 Å². The van der Waals surface area contributed by atoms with E-state index >= 15 is 0 Å². The van der Waals surface area contributed by atoms with Crippen molar-refractivity contribution in [2.75, 3.05) is 78.3 Å². The van der Waals surface area contributed by atoms with Crippen LogP contribution in [-0.4, -0.2) is 111 Å². The number of nitrogens with two attached hydrogens (primary N) is 1. The summed E-state index contributed by atoms with van der Waals surface area (Å²) in [7, 11) is 12.1. The molecule has 0 radical (unpaired) electrons. The summed E-state index contributed by atoms with van der Waals surface area (Å²) < 4.78 is 0. The Hall–Kier alpha value is -4.00. The number of fused-ring (bicyclic) bond motifs is 2. The number of rotatable bonds is 13. The van der Waals surface area contributed by atoms with Crippen LogP contribution in [0.3, 0.4) is 0 Å². The van der Waals surface area contributed by atoms with Crippen molar-refractivity contribution in [2.24, 2.45) is 5.73 Å². The third-order valence-corrected chi connectivity index (χ3v) is 9.94. The van der Waals surface area contributed by atoms with E-state index in [9.17, 15) is 14.7 Å². The predicted octanol–water partition coefficient (Wildman–Crippen LogP) is 3.81. The Kier molecular flexibility index (Phi) is 21.1. The van der Waals surface area contributed by atoms with Gasteiger partial charge in [0.1, 0.15) is 0 Å². The van der Waals surface area contributed by atoms with Gasteiger partial charge in [-0.15, -0.1) is 0 Å². The number of amides is 1. The molecule has 312 valence electrons. The molecule has 6 rings (SSSR count). The molecular formula is C41H51Cl4LiN10O3. The summed E-state index contributed by atoms with van der Waals surface area (Å²) in [6.07, 6.45) is 0. The van der Waals surface area contributed by atoms with Gasteiger partial charge in [0.25, 0.3) is 5.91 Å². The van der Waals surface area contributed by atoms with Crippen molar-refractivity contribution < 1.29 is 33.6 Å². The van der Waals surface area contributed by atoms with Gasteiger partial charge in [-0.3, -0.25) is 15.0 Å². The number of carboxylic acid groups (broad SMARTS) is 1. The molecule has 0 aliphatic heterocycles. The molecule has 1 amide bonds. The summed E-state index contributed by atoms with van der Waals surface area (Å²) in [5.74, 6) is 0.336. The van der Waals surface area contributed by atoms with Gasteiger partial charge < -0.3 is 40.6 Å². The fourth-order valence-electron chi connectivity index (χ4n) is 5.40. The second kappa shape index (κ2) is 24.3. The first-order valence-corrected chi connectivity index (χ1v) is 19.3. The number of nitrogens with one attached hydrogen (secondary N) is 3. The van der Waals surface area contributed by atoms with Crippen molar-refractivity contribution in [1.82, 2.24) is 35.5 Å². The number of aromatic amines is 2. The van der Waals surface area contributed by atoms with E-state index in [1.165, 1.54) is 6.07 Å². The molecule has 59 heavy (non-hydrogen) atoms. The quantitative estimate of drug-likeness (QED) is 0.126. The fraction of sp³-hybridized carbons (Fsp3) is 0.317. The molecule has 13 nitrogen and oxygen atoms in total. The summed E-state index contributed by atoms with van der Waals surface area (Å²) >= 11 is 23.5. The minimum absolute atomic E-state index is 0. The maximum absolute atomic E-state index is 12.5. The largest absolute Gasteiger partial charge is 1.00 e. The van der Waals surface area contributed by atoms with Gasteiger partial charge >= 0.3 is 18.9 Å². The number of carbonyl (C=O) groups excluding carboxylic acids is 2. The second-order valence-electron chi connectivity index (χ2n) is 13.7. The van der Waals surface area contributed by atoms with Crippen LogP contribution in [0.1, 0.15) is 39.3 Å². The number of aromatic carboxylic acids is 1. The first-order valence-electron chi connectivity index (χ1n) is 17.8. The fourth-order valence-corrected chi connectivity index (χ4v) is 6.36. The van der Waals surface area contributed by atoms with Crippen molar-refractivity contribution in [3.05, 3.63) is 115 Å². The number of anilines is 2. The Labute approximate surface area is 378 Å². The summed E-state index contributed by atoms with van der Waals surface area (Å²) in [6, 6.07) is 20.9. The molecule has 0 spiro atoms. The van der Waals surface area contributed by atoms with E-state index in [-0.39, 0.29) is 37.8 Å². The van der Waals surface area contributed by atoms with Crippen molar-refractivity contribution in [2.45, 2.75) is 20.5 Å². The zero-order chi connectivity index (χ0) is 41.8. The van der Waals surface area contributed by atoms with Crippen LogP contribution >= 0.6 is 46.4 Å². The summed E-state index contributed by atoms with van der Waals surface area (Å²) in [4.78, 5) is 31.7. The molecule has 4 aromatic carbocycles. The molecule has 6 aromatic rings. The SMILES string of the molecule is C.CN(C)CCN(C)c1n[nH]c2cc(C(=O)NCc3ccc(Cl)cc3Cl)ccc12.CN(C)CCN(C)c1n[nH]c2cc(C(=O)[O-])ccc12.NCc1ccc(Cl)cc1Cl.[Li+]. The van der Waals surface area contributed by atoms with E-state index in [1.54, 1.807) is 48.5 Å². The number of carbonyl (C=O) groups is 2. The molecule has 2 heterocycles. The van der Waals surface area contributed by atoms with Crippen molar-refractivity contribution in [3.63, 3.8) is 0 Å². The monoisotopic (exact) mass is 878 g/mol. The Balaban J connectivity index is 0.000000334. The van der Waals surface area contributed by atoms with E-state index in [0.717, 1.165) is 65.2 Å². The second-order valence-corrected chi connectivity index (χ2v) is 15.4. The summed E-state index contributed by atoms with van der Waals surface area (Å²) in [5.41, 5.74) is 9.34. The van der Waals surface area contributed by atoms with Gasteiger partial charge in [-0.2, -0.15) is 10.2 Å². The van der Waals surface area contributed by atoms with Gasteiger partial charge in [0.05, 0.1) is 17.0 Å². The van der Waals surface area contributed by atoms with Crippen LogP contribution in [0.25, 0.3) is 21.8 Å². The first kappa shape index (κ1) is 51.1. The van der Waals surface area contributed by atoms with Gasteiger partial charge in [0.2, 0.25) is 0 Å². The number of likely N-dealkylation sites (N-methyl/N-ethyl adjacent to an activating group) is 4. The minimum Gasteiger partial charge on any atom is -0.545 e. The molecule has 0 atom stereocenters. The number of nitrogens with zero attached hydrogens (tertiary/aromatic N) is 6. The molecule has 0 aliphatic carbocycles. The summed E-state index contributed by atoms with van der Waals surface area (Å²) in [6.45, 7) is 4.33. The van der Waals surface area contributed by atoms with Crippen LogP contribution in [-0.2, 0) is 13.1 Å². The number of halogens is 4. The topological polar surface area (TPSA) is 166 Å². The van der Waals surface area contributed by atoms with Gasteiger partial charge in [0, 0.05) is 89.8 Å². The molecule has 0 fully saturated rings. The Bertz CT molecular complexity index is 2290. The third kappa shape index (κ3) is 14.9. The predicted molar refractivity (Wildman–Crippen MR) is 239 cm³/mol. The van der Waals surface area contributed by atoms with E-state index in [0.29, 0.717) is 44.3 Å². The standard InChI is InChI=1S/C20H23Cl2N5O.C13H18N4O2.C7H7Cl2N.CH4.Li/c1-26(2)8-9-27(3)19-16-7-5-13(10-18(16)24-25-19)20(28)23-12-14-4-6-15(21)11-17(14)22;1-16(2)6-7-17(3)12-10-5-4-9(13(18)19)8-11(10)14-15-12;8-6-2-1-5(4-10)7(9)3-6;;/h4-7,10-11H,8-9,12H2,1-3H3,(H,23,28)(H,24,25);4-5,8H,6-7H2,1-3H3,(H,14,15)(H,18,19);1-3H,4,10H2;1H4;/q;;;;+1/p-1. The van der Waals surface area contributed by atoms with Crippen LogP contribution < -0.4 is 44.8 Å². The van der Waals surface area contributed by atoms with Gasteiger partial charge in [0.15, 0.2) is 11.6 Å². The minimum atomic E-state index is -1.18. The van der Waals surface area contributed by atoms with E-state index in [2.05, 4.69) is 40.4 Å². The maximum atomic E-state index is 12.5. The molecule has 0 aliphatic rings. The van der Waals surface area contributed by atoms with Gasteiger partial charge in [-0.1, -0.05) is 72.0 Å². The number of H-pyrrole nitrogens is 2. The number of carboxylic acids is 1. The zero-order valence-corrected chi connectivity index (χ0v) is 36.7. The van der Waals surface area contributed by atoms with Crippen molar-refractivity contribution in [1.29, 1.82) is 0 Å². The molecule has 0 bridgehead atoms. The van der Waals surface area contributed by atoms with Crippen LogP contribution in [0, 0.1) is 0 Å². The molecule has 0 unspecified atom stereocenters. The molecular weight excluding hydrogens is 829 g/mol. The summed E-state index contributed by atoms with van der Waals surface area (Å²) in [5, 5.41) is 32.5. The van der Waals surface area contributed by atoms with Crippen molar-refractivity contribution in [3.8, 4) is 0 Å². The number of benzene rings is 4. The Morgan fingerprint density at radius 2 is 1.10 bits per heavy atom. The normalized spacial score (nSPS) is 10.6. The maximum Gasteiger partial charge on any atom is 1.00 e. The molecule has 18 heteroatoms. The van der Waals surface area contributed by atoms with E-state index in [4.69, 9.17) is 52.1 Å². The van der Waals surface area contributed by atoms with Crippen LogP contribution in [0.2, 0.25) is 20.1 Å². The number of hydrogen-bond donors (Lipinski definition) is 4. The average Bonchev–Trinajstić information content (AvgIpc) is 3.80. The Morgan fingerprint density at radius 3 is 1.53 bits per heavy atom. The van der Waals surface area contributed by atoms with E-state index < -0.39 is 5.97 Å². The van der Waals surface area contributed by atoms with E-state index in [1.807, 2.05) is 65.4 Å². The zero-order valence-electron chi connectivity index (χ0n) is 33.7. The Morgan fingerprint density at radius 1 is 0.661 bits per heavy atom. The number of aromatic nitrogens is 4. The number of hydrogen-bond acceptors (Lipinski definition) is 10. The third-order valence-electron chi connectivity index (χ3n) is 8.76. The van der Waals surface area contributed by atoms with Gasteiger partial charge in [-0.05, 0) is 99.5 Å². The van der Waals surface area contributed by atoms with Gasteiger partial charge in [-0.25, -0.2) is 0 Å². The first-order chi connectivity index (χ1) is 27.1. The van der Waals surface area contributed by atoms with Crippen LogP contribution in [0.4, 0.5) is 11.6 Å². The smallest absolute Gasteiger partial charge is 0.545 e. The molecule has 5 N–H and O–H groups in total. The van der Waals surface area contributed by atoms with Crippen LogP contribution in [0.15, 0.2) is 72.8 Å². The molecule has 0 saturated carbocycles. The van der Waals surface area contributed by atoms with Crippen molar-refractivity contribution >= 4 is 91.7 Å².